The minimum atomic E-state index is -4.19. The van der Waals surface area contributed by atoms with Crippen LogP contribution in [0.5, 0.6) is 0 Å². The van der Waals surface area contributed by atoms with E-state index in [0.29, 0.717) is 23.4 Å². The van der Waals surface area contributed by atoms with Crippen LogP contribution in [0, 0.1) is 11.8 Å². The van der Waals surface area contributed by atoms with Crippen molar-refractivity contribution in [2.24, 2.45) is 11.8 Å². The average Bonchev–Trinajstić information content (AvgIpc) is 3.29. The topological polar surface area (TPSA) is 177 Å². The third-order valence-electron chi connectivity index (χ3n) is 5.63. The monoisotopic (exact) mass is 453 g/mol. The molecule has 31 heavy (non-hydrogen) atoms. The maximum absolute atomic E-state index is 12.2. The van der Waals surface area contributed by atoms with Crippen molar-refractivity contribution in [2.45, 2.75) is 45.1 Å². The number of ketones is 2. The predicted octanol–water partition coefficient (Wildman–Crippen LogP) is -0.630. The molecule has 168 valence electrons. The van der Waals surface area contributed by atoms with E-state index in [0.717, 1.165) is 0 Å². The first-order chi connectivity index (χ1) is 14.6. The lowest BCUT2D eigenvalue weighted by Crippen LogP contribution is -2.33. The molecule has 0 bridgehead atoms. The Kier molecular flexibility index (Phi) is 5.54. The van der Waals surface area contributed by atoms with Crippen LogP contribution in [-0.4, -0.2) is 69.2 Å². The highest BCUT2D eigenvalue weighted by Gasteiger charge is 2.50. The second-order valence-electron chi connectivity index (χ2n) is 8.01. The number of aliphatic hydroxyl groups excluding tert-OH is 1. The first-order valence-electron chi connectivity index (χ1n) is 9.77. The van der Waals surface area contributed by atoms with Crippen LogP contribution >= 0.6 is 0 Å². The number of aromatic nitrogens is 4. The van der Waals surface area contributed by atoms with Crippen molar-refractivity contribution in [3.63, 3.8) is 0 Å². The van der Waals surface area contributed by atoms with Gasteiger partial charge in [0.25, 0.3) is 10.1 Å². The average molecular weight is 453 g/mol. The van der Waals surface area contributed by atoms with Gasteiger partial charge in [-0.15, -0.1) is 0 Å². The van der Waals surface area contributed by atoms with Crippen molar-refractivity contribution < 1.29 is 32.0 Å². The second-order valence-corrected chi connectivity index (χ2v) is 9.65. The number of nitrogens with zero attached hydrogens (tertiary/aromatic N) is 4. The van der Waals surface area contributed by atoms with Gasteiger partial charge in [-0.2, -0.15) is 8.42 Å². The summed E-state index contributed by atoms with van der Waals surface area (Å²) < 4.78 is 37.0. The fourth-order valence-electron chi connectivity index (χ4n) is 4.08. The zero-order valence-corrected chi connectivity index (χ0v) is 17.8. The van der Waals surface area contributed by atoms with Gasteiger partial charge in [0.05, 0.1) is 12.7 Å². The maximum Gasteiger partial charge on any atom is 0.274 e. The van der Waals surface area contributed by atoms with E-state index in [2.05, 4.69) is 15.0 Å². The number of ether oxygens (including phenoxy) is 1. The van der Waals surface area contributed by atoms with Crippen molar-refractivity contribution in [1.82, 2.24) is 19.5 Å². The molecule has 4 heterocycles. The molecule has 2 aromatic rings. The van der Waals surface area contributed by atoms with E-state index in [1.165, 1.54) is 20.2 Å². The van der Waals surface area contributed by atoms with Gasteiger partial charge in [0.2, 0.25) is 0 Å². The van der Waals surface area contributed by atoms with Gasteiger partial charge in [-0.05, 0) is 6.92 Å². The van der Waals surface area contributed by atoms with E-state index in [-0.39, 0.29) is 23.9 Å². The molecule has 0 amide bonds. The largest absolute Gasteiger partial charge is 0.390 e. The van der Waals surface area contributed by atoms with Gasteiger partial charge >= 0.3 is 0 Å². The number of aliphatic hydroxyl groups is 1. The highest BCUT2D eigenvalue weighted by molar-refractivity contribution is 7.87. The molecule has 0 radical (unpaired) electrons. The van der Waals surface area contributed by atoms with Gasteiger partial charge in [-0.1, -0.05) is 6.92 Å². The number of nitrogens with two attached hydrogens (primary N) is 1. The van der Waals surface area contributed by atoms with Crippen LogP contribution in [0.15, 0.2) is 6.33 Å². The molecule has 5 atom stereocenters. The minimum absolute atomic E-state index is 0.0303. The summed E-state index contributed by atoms with van der Waals surface area (Å²) in [7, 11) is -4.19. The van der Waals surface area contributed by atoms with E-state index in [1.807, 2.05) is 0 Å². The van der Waals surface area contributed by atoms with Crippen molar-refractivity contribution in [2.75, 3.05) is 18.1 Å². The molecule has 2 aliphatic heterocycles. The zero-order chi connectivity index (χ0) is 22.5. The normalized spacial score (nSPS) is 26.0. The van der Waals surface area contributed by atoms with Crippen LogP contribution in [0.4, 0.5) is 5.82 Å². The summed E-state index contributed by atoms with van der Waals surface area (Å²) in [6.45, 7) is 2.39. The molecule has 2 aromatic heterocycles. The smallest absolute Gasteiger partial charge is 0.274 e. The van der Waals surface area contributed by atoms with E-state index >= 15 is 0 Å². The Hall–Kier alpha value is -2.48. The molecule has 12 nitrogen and oxygen atoms in total. The quantitative estimate of drug-likeness (QED) is 0.486. The van der Waals surface area contributed by atoms with E-state index < -0.39 is 52.6 Å². The predicted molar refractivity (Wildman–Crippen MR) is 106 cm³/mol. The van der Waals surface area contributed by atoms with Crippen molar-refractivity contribution in [1.29, 1.82) is 0 Å². The lowest BCUT2D eigenvalue weighted by molar-refractivity contribution is -0.125. The number of hydrogen-bond acceptors (Lipinski definition) is 11. The summed E-state index contributed by atoms with van der Waals surface area (Å²) in [6.07, 6.45) is -0.841. The molecule has 0 aliphatic carbocycles. The second kappa shape index (κ2) is 7.89. The number of anilines is 1. The number of rotatable bonds is 8. The standard InChI is InChI=1S/C18H23N5O7S/c1-8(3-9(2)24)11(25)6-31(27,28)29-5-12-15(26)10-4-13-22-14-16(19)20-7-21-17(14)23(13)18(10)30-12/h7-8,10,12,15,18,26H,3-6H2,1-2H3,(H2,19,20,21)/t8-,10+,12-,15+,18-/m1/s1. The van der Waals surface area contributed by atoms with Crippen LogP contribution < -0.4 is 5.73 Å². The maximum atomic E-state index is 12.2. The number of carbonyl (C=O) groups excluding carboxylic acids is 2. The Balaban J connectivity index is 1.42. The van der Waals surface area contributed by atoms with Crippen LogP contribution in [0.3, 0.4) is 0 Å². The summed E-state index contributed by atoms with van der Waals surface area (Å²) in [5.74, 6) is -1.84. The Morgan fingerprint density at radius 3 is 2.87 bits per heavy atom. The molecule has 0 saturated carbocycles. The molecule has 13 heteroatoms. The SMILES string of the molecule is CC(=O)C[C@@H](C)C(=O)CS(=O)(=O)OC[C@H]1O[C@@H]2[C@@H](Cc3nc4c(N)ncnc4n32)[C@@H]1O. The zero-order valence-electron chi connectivity index (χ0n) is 17.0. The van der Waals surface area contributed by atoms with E-state index in [9.17, 15) is 23.1 Å². The first-order valence-corrected chi connectivity index (χ1v) is 11.3. The Bertz CT molecular complexity index is 1150. The molecule has 3 N–H and O–H groups in total. The van der Waals surface area contributed by atoms with Gasteiger partial charge in [-0.3, -0.25) is 13.5 Å². The molecular weight excluding hydrogens is 430 g/mol. The van der Waals surface area contributed by atoms with Crippen LogP contribution in [0.25, 0.3) is 11.2 Å². The molecule has 1 fully saturated rings. The Labute approximate surface area is 177 Å². The third kappa shape index (κ3) is 4.05. The molecule has 0 spiro atoms. The summed E-state index contributed by atoms with van der Waals surface area (Å²) >= 11 is 0. The van der Waals surface area contributed by atoms with Gasteiger partial charge in [-0.25, -0.2) is 15.0 Å². The number of hydrogen-bond donors (Lipinski definition) is 2. The first kappa shape index (κ1) is 21.7. The molecule has 0 aromatic carbocycles. The molecule has 1 saturated heterocycles. The van der Waals surface area contributed by atoms with Gasteiger partial charge < -0.3 is 20.4 Å². The number of carbonyl (C=O) groups is 2. The third-order valence-corrected chi connectivity index (χ3v) is 6.76. The summed E-state index contributed by atoms with van der Waals surface area (Å²) in [5, 5.41) is 10.6. The number of nitrogen functional groups attached to an aromatic ring is 1. The Morgan fingerprint density at radius 1 is 1.42 bits per heavy atom. The molecule has 4 rings (SSSR count). The summed E-state index contributed by atoms with van der Waals surface area (Å²) in [4.78, 5) is 35.7. The molecule has 2 aliphatic rings. The van der Waals surface area contributed by atoms with E-state index in [4.69, 9.17) is 14.7 Å². The minimum Gasteiger partial charge on any atom is -0.390 e. The van der Waals surface area contributed by atoms with Crippen molar-refractivity contribution in [3.8, 4) is 0 Å². The lowest BCUT2D eigenvalue weighted by Gasteiger charge is -2.17. The van der Waals surface area contributed by atoms with Crippen LogP contribution in [0.2, 0.25) is 0 Å². The van der Waals surface area contributed by atoms with Crippen molar-refractivity contribution >= 4 is 38.7 Å². The summed E-state index contributed by atoms with van der Waals surface area (Å²) in [6, 6.07) is 0. The van der Waals surface area contributed by atoms with E-state index in [1.54, 1.807) is 4.57 Å². The van der Waals surface area contributed by atoms with Crippen LogP contribution in [-0.2, 0) is 35.0 Å². The number of imidazole rings is 1. The highest BCUT2D eigenvalue weighted by atomic mass is 32.2. The lowest BCUT2D eigenvalue weighted by atomic mass is 9.99. The number of Topliss-reactive ketones (excluding diaryl/α,β-unsaturated/α-hetero) is 2. The fraction of sp³-hybridized carbons (Fsp3) is 0.611. The van der Waals surface area contributed by atoms with Crippen molar-refractivity contribution in [3.05, 3.63) is 12.2 Å². The molecular formula is C18H23N5O7S. The number of fused-ring (bicyclic) bond motifs is 5. The van der Waals surface area contributed by atoms with Gasteiger partial charge in [0, 0.05) is 24.7 Å². The Morgan fingerprint density at radius 2 is 2.16 bits per heavy atom. The van der Waals surface area contributed by atoms with Gasteiger partial charge in [0.15, 0.2) is 22.8 Å². The molecule has 0 unspecified atom stereocenters. The fourth-order valence-corrected chi connectivity index (χ4v) is 5.14. The van der Waals surface area contributed by atoms with Gasteiger partial charge in [0.1, 0.15) is 36.0 Å². The summed E-state index contributed by atoms with van der Waals surface area (Å²) in [5.41, 5.74) is 6.75. The van der Waals surface area contributed by atoms with Crippen LogP contribution in [0.1, 0.15) is 32.3 Å². The highest BCUT2D eigenvalue weighted by Crippen LogP contribution is 2.44.